The Balaban J connectivity index is 2.18. The van der Waals surface area contributed by atoms with Crippen molar-refractivity contribution in [2.75, 3.05) is 40.3 Å². The van der Waals surface area contributed by atoms with Gasteiger partial charge in [-0.1, -0.05) is 5.43 Å². The lowest BCUT2D eigenvalue weighted by atomic mass is 10.0. The van der Waals surface area contributed by atoms with Crippen molar-refractivity contribution < 1.29 is 33.6 Å². The number of anilines is 1. The molecule has 0 radical (unpaired) electrons. The van der Waals surface area contributed by atoms with Crippen LogP contribution in [-0.2, 0) is 4.79 Å². The molecule has 0 aliphatic heterocycles. The van der Waals surface area contributed by atoms with E-state index in [0.29, 0.717) is 46.1 Å². The van der Waals surface area contributed by atoms with Crippen molar-refractivity contribution in [2.45, 2.75) is 25.8 Å². The number of hydrogen-bond acceptors (Lipinski definition) is 10. The Hall–Kier alpha value is -4.85. The summed E-state index contributed by atoms with van der Waals surface area (Å²) < 4.78 is 21.4. The number of carbonyl (C=O) groups is 2. The van der Waals surface area contributed by atoms with Crippen molar-refractivity contribution in [1.82, 2.24) is 5.43 Å². The Morgan fingerprint density at radius 2 is 1.68 bits per heavy atom. The van der Waals surface area contributed by atoms with Gasteiger partial charge in [-0.2, -0.15) is 0 Å². The molecule has 0 unspecified atom stereocenters. The van der Waals surface area contributed by atoms with E-state index in [-0.39, 0.29) is 30.4 Å². The molecule has 0 saturated heterocycles. The fourth-order valence-corrected chi connectivity index (χ4v) is 3.67. The van der Waals surface area contributed by atoms with Crippen LogP contribution in [0.5, 0.6) is 23.0 Å². The predicted molar refractivity (Wildman–Crippen MR) is 150 cm³/mol. The average Bonchev–Trinajstić information content (AvgIpc) is 2.93. The number of nitrogens with zero attached hydrogens (tertiary/aromatic N) is 2. The third kappa shape index (κ3) is 8.59. The first-order valence-corrected chi connectivity index (χ1v) is 12.0. The number of rotatable bonds is 14. The summed E-state index contributed by atoms with van der Waals surface area (Å²) in [5, 5.41) is 12.2. The summed E-state index contributed by atoms with van der Waals surface area (Å²) in [5.74, 6) is 0.534. The number of hydrogen-bond donors (Lipinski definition) is 4. The largest absolute Gasteiger partial charge is 0.495 e. The third-order valence-electron chi connectivity index (χ3n) is 5.65. The number of nitrogens with one attached hydrogen (secondary N) is 2. The van der Waals surface area contributed by atoms with Crippen molar-refractivity contribution in [3.63, 3.8) is 0 Å². The number of methoxy groups -OCH3 is 4. The molecule has 1 atom stereocenters. The Morgan fingerprint density at radius 3 is 2.23 bits per heavy atom. The quantitative estimate of drug-likeness (QED) is 0.0503. The van der Waals surface area contributed by atoms with Crippen LogP contribution in [0.25, 0.3) is 6.08 Å². The number of hydrazine groups is 1. The van der Waals surface area contributed by atoms with Crippen LogP contribution in [-0.4, -0.2) is 63.7 Å². The minimum absolute atomic E-state index is 0.137. The van der Waals surface area contributed by atoms with Crippen LogP contribution in [0.4, 0.5) is 5.69 Å². The zero-order valence-corrected chi connectivity index (χ0v) is 23.0. The first-order valence-electron chi connectivity index (χ1n) is 12.0. The van der Waals surface area contributed by atoms with E-state index < -0.39 is 17.0 Å². The molecule has 0 heterocycles. The molecule has 216 valence electrons. The van der Waals surface area contributed by atoms with Crippen LogP contribution < -0.4 is 41.2 Å². The second-order valence-corrected chi connectivity index (χ2v) is 8.40. The molecule has 0 spiro atoms. The average molecular weight is 559 g/mol. The molecule has 2 aromatic rings. The molecular formula is C26H34N6O8. The highest BCUT2D eigenvalue weighted by Crippen LogP contribution is 2.39. The van der Waals surface area contributed by atoms with Gasteiger partial charge >= 0.3 is 0 Å². The number of carbonyl (C=O) groups excluding carboxylic acids is 2. The number of nitrogens with two attached hydrogens (primary N) is 2. The molecule has 1 amide bonds. The van der Waals surface area contributed by atoms with Crippen LogP contribution in [0.1, 0.15) is 35.7 Å². The van der Waals surface area contributed by atoms with E-state index in [4.69, 9.17) is 30.4 Å². The van der Waals surface area contributed by atoms with Gasteiger partial charge in [0.2, 0.25) is 11.7 Å². The lowest BCUT2D eigenvalue weighted by Crippen LogP contribution is -2.37. The standard InChI is InChI=1S/C26H34N6O8/c1-15(11-16-12-21(38-3)24(40-5)22(13-16)39-4)23(33)17-8-9-20(37-2)19(14-17)30-25(34)18(27)7-6-10-29-26(28)31-32(35)36/h8-9,11-14,18H,6-7,10,27H2,1-5H3,(H,30,34)(H3,28,29,31)/t18-/m0/s1. The second-order valence-electron chi connectivity index (χ2n) is 8.40. The van der Waals surface area contributed by atoms with Gasteiger partial charge in [-0.25, -0.2) is 15.1 Å². The Kier molecular flexibility index (Phi) is 11.7. The maximum atomic E-state index is 13.2. The van der Waals surface area contributed by atoms with Gasteiger partial charge in [0.05, 0.1) is 40.2 Å². The molecular weight excluding hydrogens is 524 g/mol. The third-order valence-corrected chi connectivity index (χ3v) is 5.65. The molecule has 0 saturated carbocycles. The second kappa shape index (κ2) is 14.9. The van der Waals surface area contributed by atoms with Crippen LogP contribution >= 0.6 is 0 Å². The summed E-state index contributed by atoms with van der Waals surface area (Å²) in [6, 6.07) is 7.19. The highest BCUT2D eigenvalue weighted by atomic mass is 16.7. The Bertz CT molecular complexity index is 1270. The number of nitro groups is 1. The zero-order valence-electron chi connectivity index (χ0n) is 23.0. The van der Waals surface area contributed by atoms with Gasteiger partial charge in [0.1, 0.15) is 5.75 Å². The van der Waals surface area contributed by atoms with E-state index in [0.717, 1.165) is 0 Å². The maximum absolute atomic E-state index is 13.2. The van der Waals surface area contributed by atoms with Crippen molar-refractivity contribution in [2.24, 2.45) is 16.5 Å². The lowest BCUT2D eigenvalue weighted by Gasteiger charge is -2.15. The number of amides is 1. The highest BCUT2D eigenvalue weighted by molar-refractivity contribution is 6.12. The summed E-state index contributed by atoms with van der Waals surface area (Å²) in [4.78, 5) is 40.1. The Labute approximate surface area is 231 Å². The summed E-state index contributed by atoms with van der Waals surface area (Å²) in [6.07, 6.45) is 2.27. The minimum atomic E-state index is -0.911. The SMILES string of the molecule is COc1ccc(C(=O)C(C)=Cc2cc(OC)c(OC)c(OC)c2)cc1NC(=O)[C@@H](N)CCCN=C(N)N[N+](=O)[O-]. The predicted octanol–water partition coefficient (Wildman–Crippen LogP) is 2.15. The van der Waals surface area contributed by atoms with E-state index in [9.17, 15) is 19.7 Å². The summed E-state index contributed by atoms with van der Waals surface area (Å²) in [5.41, 5.74) is 14.7. The summed E-state index contributed by atoms with van der Waals surface area (Å²) in [6.45, 7) is 1.80. The molecule has 0 fully saturated rings. The number of guanidine groups is 1. The van der Waals surface area contributed by atoms with Gasteiger partial charge in [0, 0.05) is 12.1 Å². The van der Waals surface area contributed by atoms with Gasteiger partial charge < -0.3 is 35.7 Å². The van der Waals surface area contributed by atoms with Crippen LogP contribution in [0.15, 0.2) is 40.9 Å². The molecule has 6 N–H and O–H groups in total. The van der Waals surface area contributed by atoms with Gasteiger partial charge in [0.25, 0.3) is 5.96 Å². The molecule has 0 aliphatic rings. The first-order chi connectivity index (χ1) is 19.0. The highest BCUT2D eigenvalue weighted by Gasteiger charge is 2.18. The fraction of sp³-hybridized carbons (Fsp3) is 0.346. The topological polar surface area (TPSA) is 203 Å². The van der Waals surface area contributed by atoms with Gasteiger partial charge in [-0.15, -0.1) is 0 Å². The normalized spacial score (nSPS) is 12.2. The van der Waals surface area contributed by atoms with E-state index in [2.05, 4.69) is 10.3 Å². The monoisotopic (exact) mass is 558 g/mol. The molecule has 0 aliphatic carbocycles. The molecule has 0 bridgehead atoms. The van der Waals surface area contributed by atoms with Crippen LogP contribution in [0, 0.1) is 10.1 Å². The van der Waals surface area contributed by atoms with Crippen LogP contribution in [0.3, 0.4) is 0 Å². The molecule has 0 aromatic heterocycles. The number of ether oxygens (including phenoxy) is 4. The van der Waals surface area contributed by atoms with Crippen molar-refractivity contribution in [3.8, 4) is 23.0 Å². The number of ketones is 1. The minimum Gasteiger partial charge on any atom is -0.495 e. The molecule has 40 heavy (non-hydrogen) atoms. The van der Waals surface area contributed by atoms with Crippen LogP contribution in [0.2, 0.25) is 0 Å². The molecule has 2 aromatic carbocycles. The van der Waals surface area contributed by atoms with Crippen molar-refractivity contribution in [3.05, 3.63) is 57.1 Å². The summed E-state index contributed by atoms with van der Waals surface area (Å²) >= 11 is 0. The number of Topliss-reactive ketones (excluding diaryl/α,β-unsaturated/α-hetero) is 1. The van der Waals surface area contributed by atoms with E-state index in [1.165, 1.54) is 34.5 Å². The molecule has 14 heteroatoms. The molecule has 14 nitrogen and oxygen atoms in total. The maximum Gasteiger partial charge on any atom is 0.251 e. The van der Waals surface area contributed by atoms with E-state index in [1.54, 1.807) is 42.7 Å². The van der Waals surface area contributed by atoms with Crippen molar-refractivity contribution in [1.29, 1.82) is 0 Å². The molecule has 2 rings (SSSR count). The fourth-order valence-electron chi connectivity index (χ4n) is 3.67. The number of allylic oxidation sites excluding steroid dienone is 1. The first kappa shape index (κ1) is 31.4. The lowest BCUT2D eigenvalue weighted by molar-refractivity contribution is -0.525. The smallest absolute Gasteiger partial charge is 0.251 e. The summed E-state index contributed by atoms with van der Waals surface area (Å²) in [7, 11) is 5.94. The Morgan fingerprint density at radius 1 is 1.05 bits per heavy atom. The number of benzene rings is 2. The number of aliphatic imine (C=N–C) groups is 1. The van der Waals surface area contributed by atoms with Gasteiger partial charge in [-0.3, -0.25) is 9.59 Å². The van der Waals surface area contributed by atoms with E-state index >= 15 is 0 Å². The van der Waals surface area contributed by atoms with E-state index in [1.807, 2.05) is 0 Å². The zero-order chi connectivity index (χ0) is 29.8. The van der Waals surface area contributed by atoms with Gasteiger partial charge in [-0.05, 0) is 67.3 Å². The van der Waals surface area contributed by atoms with Crippen molar-refractivity contribution >= 4 is 29.4 Å². The van der Waals surface area contributed by atoms with Gasteiger partial charge in [0.15, 0.2) is 22.3 Å².